The first kappa shape index (κ1) is 11.5. The van der Waals surface area contributed by atoms with Crippen LogP contribution in [0.15, 0.2) is 24.3 Å². The summed E-state index contributed by atoms with van der Waals surface area (Å²) >= 11 is 4.36. The summed E-state index contributed by atoms with van der Waals surface area (Å²) < 4.78 is 29.1. The van der Waals surface area contributed by atoms with Gasteiger partial charge in [0.05, 0.1) is 0 Å². The third-order valence-electron chi connectivity index (χ3n) is 1.50. The highest BCUT2D eigenvalue weighted by Crippen LogP contribution is 2.22. The van der Waals surface area contributed by atoms with Gasteiger partial charge in [-0.1, -0.05) is 12.1 Å². The minimum Gasteiger partial charge on any atom is -0.475 e. The van der Waals surface area contributed by atoms with Gasteiger partial charge in [0.15, 0.2) is 0 Å². The van der Waals surface area contributed by atoms with Gasteiger partial charge in [-0.25, -0.2) is 13.6 Å². The van der Waals surface area contributed by atoms with Crippen LogP contribution in [0.2, 0.25) is 0 Å². The Balaban J connectivity index is 2.82. The third-order valence-corrected chi connectivity index (χ3v) is 1.75. The maximum Gasteiger partial charge on any atom is 0.383 e. The molecule has 0 heterocycles. The molecule has 0 amide bonds. The Hall–Kier alpha value is -1.56. The second-order valence-electron chi connectivity index (χ2n) is 2.57. The number of alkyl halides is 2. The lowest BCUT2D eigenvalue weighted by Gasteiger charge is -2.05. The molecular formula is C9H6F2O3S. The lowest BCUT2D eigenvalue weighted by molar-refractivity contribution is -0.130. The van der Waals surface area contributed by atoms with Gasteiger partial charge in [0, 0.05) is 5.56 Å². The minimum absolute atomic E-state index is 0.0137. The fraction of sp³-hybridized carbons (Fsp3) is 0.111. The smallest absolute Gasteiger partial charge is 0.383 e. The van der Waals surface area contributed by atoms with E-state index in [1.807, 2.05) is 0 Å². The maximum atomic E-state index is 12.2. The quantitative estimate of drug-likeness (QED) is 0.795. The number of ether oxygens (including phenoxy) is 1. The molecule has 1 aromatic rings. The molecule has 1 N–H and O–H groups in total. The van der Waals surface area contributed by atoms with Crippen LogP contribution >= 0.6 is 12.2 Å². The Bertz CT molecular complexity index is 393. The van der Waals surface area contributed by atoms with Crippen molar-refractivity contribution >= 4 is 23.2 Å². The van der Waals surface area contributed by atoms with Crippen LogP contribution in [0.3, 0.4) is 0 Å². The van der Waals surface area contributed by atoms with Crippen molar-refractivity contribution in [2.24, 2.45) is 0 Å². The van der Waals surface area contributed by atoms with Crippen molar-refractivity contribution in [3.8, 4) is 5.75 Å². The van der Waals surface area contributed by atoms with Crippen LogP contribution in [0.1, 0.15) is 12.0 Å². The number of halogens is 2. The van der Waals surface area contributed by atoms with Crippen molar-refractivity contribution in [3.05, 3.63) is 29.8 Å². The van der Waals surface area contributed by atoms with Crippen LogP contribution in [0.25, 0.3) is 0 Å². The Morgan fingerprint density at radius 2 is 2.13 bits per heavy atom. The maximum absolute atomic E-state index is 12.2. The fourth-order valence-electron chi connectivity index (χ4n) is 0.864. The van der Waals surface area contributed by atoms with E-state index in [2.05, 4.69) is 17.0 Å². The van der Waals surface area contributed by atoms with Crippen LogP contribution in [-0.4, -0.2) is 16.1 Å². The summed E-state index contributed by atoms with van der Waals surface area (Å²) in [6.07, 6.45) is -2.63. The van der Waals surface area contributed by atoms with E-state index >= 15 is 0 Å². The molecule has 0 radical (unpaired) electrons. The molecule has 0 fully saturated rings. The Morgan fingerprint density at radius 1 is 1.47 bits per heavy atom. The first-order valence-corrected chi connectivity index (χ1v) is 4.24. The van der Waals surface area contributed by atoms with E-state index in [0.717, 1.165) is 6.07 Å². The molecular weight excluding hydrogens is 226 g/mol. The van der Waals surface area contributed by atoms with E-state index in [4.69, 9.17) is 5.11 Å². The summed E-state index contributed by atoms with van der Waals surface area (Å²) in [5.41, 5.74) is -0.249. The second kappa shape index (κ2) is 4.79. The van der Waals surface area contributed by atoms with Gasteiger partial charge >= 0.3 is 5.97 Å². The van der Waals surface area contributed by atoms with E-state index in [1.165, 1.54) is 18.2 Å². The lowest BCUT2D eigenvalue weighted by Crippen LogP contribution is -2.16. The topological polar surface area (TPSA) is 46.5 Å². The summed E-state index contributed by atoms with van der Waals surface area (Å²) in [5.74, 6) is -1.42. The molecule has 0 unspecified atom stereocenters. The number of hydrogen-bond acceptors (Lipinski definition) is 3. The summed E-state index contributed by atoms with van der Waals surface area (Å²) in [6, 6.07) is 4.93. The zero-order valence-corrected chi connectivity index (χ0v) is 8.13. The van der Waals surface area contributed by atoms with Gasteiger partial charge in [-0.05, 0) is 24.4 Å². The molecule has 0 aliphatic heterocycles. The predicted molar refractivity (Wildman–Crippen MR) is 52.3 cm³/mol. The number of carboxylic acids is 1. The van der Waals surface area contributed by atoms with Gasteiger partial charge in [0.25, 0.3) is 11.5 Å². The summed E-state index contributed by atoms with van der Waals surface area (Å²) in [5, 5.41) is 7.73. The fourth-order valence-corrected chi connectivity index (χ4v) is 0.961. The lowest BCUT2D eigenvalue weighted by atomic mass is 10.2. The molecule has 1 rings (SSSR count). The third kappa shape index (κ3) is 3.25. The van der Waals surface area contributed by atoms with Gasteiger partial charge in [0.2, 0.25) is 0 Å². The first-order valence-electron chi connectivity index (χ1n) is 3.84. The van der Waals surface area contributed by atoms with Gasteiger partial charge in [-0.2, -0.15) is 0 Å². The van der Waals surface area contributed by atoms with E-state index in [-0.39, 0.29) is 11.3 Å². The second-order valence-corrected chi connectivity index (χ2v) is 2.94. The standard InChI is InChI=1S/C9H6F2O3S/c10-7(11)5-2-1-3-6(4-5)14-9(15)8(12)13/h1-4,7H,(H,12,13). The average Bonchev–Trinajstić information content (AvgIpc) is 2.18. The van der Waals surface area contributed by atoms with Gasteiger partial charge < -0.3 is 9.84 Å². The number of carbonyl (C=O) groups is 1. The molecule has 80 valence electrons. The number of rotatable bonds is 2. The number of aliphatic carboxylic acids is 1. The molecule has 0 saturated heterocycles. The molecule has 0 bridgehead atoms. The minimum atomic E-state index is -2.63. The van der Waals surface area contributed by atoms with E-state index in [1.54, 1.807) is 0 Å². The molecule has 0 atom stereocenters. The number of thiocarbonyl (C=S) groups is 1. The Labute approximate surface area is 89.3 Å². The Kier molecular flexibility index (Phi) is 3.68. The summed E-state index contributed by atoms with van der Waals surface area (Å²) in [4.78, 5) is 10.3. The molecule has 0 saturated carbocycles. The monoisotopic (exact) mass is 232 g/mol. The molecule has 0 spiro atoms. The summed E-state index contributed by atoms with van der Waals surface area (Å²) in [6.45, 7) is 0. The molecule has 0 aliphatic rings. The molecule has 15 heavy (non-hydrogen) atoms. The highest BCUT2D eigenvalue weighted by atomic mass is 32.1. The summed E-state index contributed by atoms with van der Waals surface area (Å²) in [7, 11) is 0. The van der Waals surface area contributed by atoms with Crippen LogP contribution < -0.4 is 4.74 Å². The van der Waals surface area contributed by atoms with E-state index < -0.39 is 17.4 Å². The molecule has 0 aliphatic carbocycles. The number of hydrogen-bond donors (Lipinski definition) is 1. The van der Waals surface area contributed by atoms with Crippen molar-refractivity contribution in [2.45, 2.75) is 6.43 Å². The van der Waals surface area contributed by atoms with Gasteiger partial charge in [-0.3, -0.25) is 0 Å². The van der Waals surface area contributed by atoms with E-state index in [9.17, 15) is 13.6 Å². The van der Waals surface area contributed by atoms with Crippen LogP contribution in [0, 0.1) is 0 Å². The first-order chi connectivity index (χ1) is 7.00. The highest BCUT2D eigenvalue weighted by Gasteiger charge is 2.11. The number of benzene rings is 1. The largest absolute Gasteiger partial charge is 0.475 e. The normalized spacial score (nSPS) is 10.1. The van der Waals surface area contributed by atoms with Crippen LogP contribution in [-0.2, 0) is 4.79 Å². The van der Waals surface area contributed by atoms with Crippen molar-refractivity contribution in [1.29, 1.82) is 0 Å². The zero-order valence-electron chi connectivity index (χ0n) is 7.31. The average molecular weight is 232 g/mol. The highest BCUT2D eigenvalue weighted by molar-refractivity contribution is 7.81. The van der Waals surface area contributed by atoms with Crippen molar-refractivity contribution in [3.63, 3.8) is 0 Å². The Morgan fingerprint density at radius 3 is 2.67 bits per heavy atom. The molecule has 3 nitrogen and oxygen atoms in total. The van der Waals surface area contributed by atoms with Crippen molar-refractivity contribution in [1.82, 2.24) is 0 Å². The van der Waals surface area contributed by atoms with Gasteiger partial charge in [0.1, 0.15) is 5.75 Å². The molecule has 0 aromatic heterocycles. The van der Waals surface area contributed by atoms with Crippen molar-refractivity contribution < 1.29 is 23.4 Å². The van der Waals surface area contributed by atoms with Crippen LogP contribution in [0.5, 0.6) is 5.75 Å². The molecule has 1 aromatic carbocycles. The van der Waals surface area contributed by atoms with E-state index in [0.29, 0.717) is 0 Å². The number of carboxylic acid groups (broad SMARTS) is 1. The van der Waals surface area contributed by atoms with Crippen LogP contribution in [0.4, 0.5) is 8.78 Å². The van der Waals surface area contributed by atoms with Gasteiger partial charge in [-0.15, -0.1) is 0 Å². The zero-order chi connectivity index (χ0) is 11.4. The SMILES string of the molecule is O=C(O)C(=S)Oc1cccc(C(F)F)c1. The van der Waals surface area contributed by atoms with Crippen molar-refractivity contribution in [2.75, 3.05) is 0 Å². The predicted octanol–water partition coefficient (Wildman–Crippen LogP) is 2.42. The molecule has 6 heteroatoms.